The second kappa shape index (κ2) is 13.2. The number of rotatable bonds is 7. The van der Waals surface area contributed by atoms with Gasteiger partial charge in [-0.1, -0.05) is 19.8 Å². The lowest BCUT2D eigenvalue weighted by molar-refractivity contribution is -0.120. The van der Waals surface area contributed by atoms with Gasteiger partial charge in [-0.2, -0.15) is 4.98 Å². The van der Waals surface area contributed by atoms with Crippen LogP contribution in [0.2, 0.25) is 0 Å². The average Bonchev–Trinajstić information content (AvgIpc) is 3.71. The Balaban J connectivity index is 1.13. The van der Waals surface area contributed by atoms with Crippen LogP contribution >= 0.6 is 0 Å². The number of methoxy groups -OCH3 is 1. The van der Waals surface area contributed by atoms with Crippen molar-refractivity contribution in [1.82, 2.24) is 20.2 Å². The third-order valence-corrected chi connectivity index (χ3v) is 10.2. The number of carbonyl (C=O) groups excluding carboxylic acids is 3. The van der Waals surface area contributed by atoms with Crippen molar-refractivity contribution in [3.05, 3.63) is 30.0 Å². The molecule has 2 N–H and O–H groups in total. The molecule has 0 spiro atoms. The molecular weight excluding hydrogens is 598 g/mol. The molecule has 254 valence electrons. The summed E-state index contributed by atoms with van der Waals surface area (Å²) in [6.45, 7) is 9.04. The number of nitrogens with zero attached hydrogens (tertiary/aromatic N) is 5. The molecule has 6 rings (SSSR count). The smallest absolute Gasteiger partial charge is 0.410 e. The number of hydrogen-bond donors (Lipinski definition) is 2. The van der Waals surface area contributed by atoms with Gasteiger partial charge in [0.1, 0.15) is 23.1 Å². The molecule has 0 radical (unpaired) electrons. The highest BCUT2D eigenvalue weighted by Gasteiger charge is 2.42. The van der Waals surface area contributed by atoms with Crippen molar-refractivity contribution in [3.8, 4) is 5.75 Å². The van der Waals surface area contributed by atoms with Gasteiger partial charge in [-0.25, -0.2) is 9.78 Å². The molecule has 3 fully saturated rings. The number of carbonyl (C=O) groups is 3. The number of ether oxygens (including phenoxy) is 2. The van der Waals surface area contributed by atoms with Crippen LogP contribution in [0, 0.1) is 11.8 Å². The predicted octanol–water partition coefficient (Wildman–Crippen LogP) is 5.50. The Morgan fingerprint density at radius 2 is 1.83 bits per heavy atom. The second-order valence-electron chi connectivity index (χ2n) is 14.5. The number of aromatic nitrogens is 2. The molecular formula is C35H49N7O5. The maximum atomic E-state index is 13.4. The number of fused-ring (bicyclic) bond motifs is 2. The Hall–Kier alpha value is -4.09. The van der Waals surface area contributed by atoms with Crippen LogP contribution in [0.25, 0.3) is 0 Å². The summed E-state index contributed by atoms with van der Waals surface area (Å²) in [5.74, 6) is 2.40. The first kappa shape index (κ1) is 32.8. The minimum atomic E-state index is -0.521. The van der Waals surface area contributed by atoms with Crippen molar-refractivity contribution in [2.75, 3.05) is 42.4 Å². The van der Waals surface area contributed by atoms with Gasteiger partial charge in [-0.05, 0) is 89.3 Å². The summed E-state index contributed by atoms with van der Waals surface area (Å²) in [4.78, 5) is 54.4. The molecule has 1 aromatic heterocycles. The Bertz CT molecular complexity index is 1500. The van der Waals surface area contributed by atoms with Crippen LogP contribution < -0.4 is 25.2 Å². The average molecular weight is 648 g/mol. The fraction of sp³-hybridized carbons (Fsp3) is 0.629. The molecule has 12 heteroatoms. The summed E-state index contributed by atoms with van der Waals surface area (Å²) in [6, 6.07) is 5.38. The number of likely N-dealkylation sites (tertiary alicyclic amines) is 1. The van der Waals surface area contributed by atoms with Crippen molar-refractivity contribution < 1.29 is 23.9 Å². The minimum absolute atomic E-state index is 0.0450. The lowest BCUT2D eigenvalue weighted by atomic mass is 9.89. The van der Waals surface area contributed by atoms with Crippen LogP contribution in [-0.2, 0) is 9.53 Å². The minimum Gasteiger partial charge on any atom is -0.495 e. The highest BCUT2D eigenvalue weighted by Crippen LogP contribution is 2.41. The molecule has 2 aliphatic carbocycles. The SMILES string of the molecule is CC[C@@H]1C(=O)N(C)c2cnc(Nc3ccc(C(=O)N[C@H]4CC5CN(C(=O)OC(C)(C)C)CC[C@@H]5C4)cc3OC)nc2N1C1CCCC1. The van der Waals surface area contributed by atoms with Crippen LogP contribution in [0.3, 0.4) is 0 Å². The van der Waals surface area contributed by atoms with Crippen molar-refractivity contribution in [2.24, 2.45) is 11.8 Å². The maximum Gasteiger partial charge on any atom is 0.410 e. The highest BCUT2D eigenvalue weighted by molar-refractivity contribution is 6.04. The van der Waals surface area contributed by atoms with Crippen LogP contribution in [0.4, 0.5) is 27.9 Å². The highest BCUT2D eigenvalue weighted by atomic mass is 16.6. The summed E-state index contributed by atoms with van der Waals surface area (Å²) < 4.78 is 11.3. The van der Waals surface area contributed by atoms with Crippen molar-refractivity contribution in [1.29, 1.82) is 0 Å². The Morgan fingerprint density at radius 1 is 1.09 bits per heavy atom. The molecule has 0 bridgehead atoms. The normalized spacial score (nSPS) is 24.6. The number of piperidine rings is 1. The van der Waals surface area contributed by atoms with Gasteiger partial charge in [-0.3, -0.25) is 9.59 Å². The fourth-order valence-electron chi connectivity index (χ4n) is 7.86. The van der Waals surface area contributed by atoms with E-state index in [0.717, 1.165) is 50.8 Å². The van der Waals surface area contributed by atoms with E-state index in [9.17, 15) is 14.4 Å². The fourth-order valence-corrected chi connectivity index (χ4v) is 7.86. The van der Waals surface area contributed by atoms with E-state index in [1.807, 2.05) is 38.7 Å². The summed E-state index contributed by atoms with van der Waals surface area (Å²) in [6.07, 6.45) is 9.20. The standard InChI is InChI=1S/C35H49N7O5/c1-7-27-32(44)40(5)28-19-36-33(39-30(28)42(27)25-10-8-9-11-25)38-26-13-12-22(18-29(26)46-6)31(43)37-24-16-21-14-15-41(20-23(21)17-24)34(45)47-35(2,3)4/h12-13,18-19,21,23-25,27H,7-11,14-17,20H2,1-6H3,(H,37,43)(H,36,38,39)/t21-,23?,24-,27-/m1/s1. The lowest BCUT2D eigenvalue weighted by Gasteiger charge is -2.43. The van der Waals surface area contributed by atoms with Gasteiger partial charge in [0.05, 0.1) is 19.0 Å². The van der Waals surface area contributed by atoms with Crippen molar-refractivity contribution >= 4 is 41.0 Å². The lowest BCUT2D eigenvalue weighted by Crippen LogP contribution is -2.55. The zero-order chi connectivity index (χ0) is 33.5. The molecule has 3 heterocycles. The molecule has 4 aliphatic rings. The summed E-state index contributed by atoms with van der Waals surface area (Å²) in [5, 5.41) is 6.52. The van der Waals surface area contributed by atoms with Gasteiger partial charge in [0, 0.05) is 37.8 Å². The topological polar surface area (TPSA) is 129 Å². The number of likely N-dealkylation sites (N-methyl/N-ethyl adjacent to an activating group) is 1. The Kier molecular flexibility index (Phi) is 9.22. The van der Waals surface area contributed by atoms with Crippen LogP contribution in [-0.4, -0.2) is 83.7 Å². The first-order chi connectivity index (χ1) is 22.5. The van der Waals surface area contributed by atoms with Gasteiger partial charge in [0.15, 0.2) is 5.82 Å². The van der Waals surface area contributed by atoms with Crippen molar-refractivity contribution in [2.45, 2.75) is 103 Å². The Morgan fingerprint density at radius 3 is 2.53 bits per heavy atom. The predicted molar refractivity (Wildman–Crippen MR) is 180 cm³/mol. The van der Waals surface area contributed by atoms with Crippen LogP contribution in [0.15, 0.2) is 24.4 Å². The number of anilines is 4. The summed E-state index contributed by atoms with van der Waals surface area (Å²) >= 11 is 0. The van der Waals surface area contributed by atoms with Gasteiger partial charge in [0.2, 0.25) is 11.9 Å². The van der Waals surface area contributed by atoms with E-state index in [0.29, 0.717) is 60.0 Å². The van der Waals surface area contributed by atoms with E-state index in [1.165, 1.54) is 0 Å². The molecule has 1 unspecified atom stereocenters. The molecule has 1 saturated heterocycles. The van der Waals surface area contributed by atoms with E-state index < -0.39 is 5.60 Å². The van der Waals surface area contributed by atoms with Crippen LogP contribution in [0.1, 0.15) is 89.4 Å². The third kappa shape index (κ3) is 6.82. The van der Waals surface area contributed by atoms with Crippen LogP contribution in [0.5, 0.6) is 5.75 Å². The van der Waals surface area contributed by atoms with Gasteiger partial charge >= 0.3 is 6.09 Å². The second-order valence-corrected chi connectivity index (χ2v) is 14.5. The molecule has 2 saturated carbocycles. The maximum absolute atomic E-state index is 13.4. The zero-order valence-corrected chi connectivity index (χ0v) is 28.5. The van der Waals surface area contributed by atoms with Gasteiger partial charge < -0.3 is 34.8 Å². The van der Waals surface area contributed by atoms with E-state index in [1.54, 1.807) is 37.4 Å². The zero-order valence-electron chi connectivity index (χ0n) is 28.5. The summed E-state index contributed by atoms with van der Waals surface area (Å²) in [5.41, 5.74) is 1.33. The molecule has 12 nitrogen and oxygen atoms in total. The summed E-state index contributed by atoms with van der Waals surface area (Å²) in [7, 11) is 3.36. The quantitative estimate of drug-likeness (QED) is 0.400. The molecule has 3 amide bonds. The number of benzene rings is 1. The van der Waals surface area contributed by atoms with Gasteiger partial charge in [-0.15, -0.1) is 0 Å². The first-order valence-electron chi connectivity index (χ1n) is 17.1. The molecule has 4 atom stereocenters. The largest absolute Gasteiger partial charge is 0.495 e. The third-order valence-electron chi connectivity index (χ3n) is 10.2. The van der Waals surface area contributed by atoms with E-state index in [2.05, 4.69) is 20.5 Å². The van der Waals surface area contributed by atoms with E-state index in [-0.39, 0.29) is 36.0 Å². The molecule has 1 aromatic carbocycles. The van der Waals surface area contributed by atoms with E-state index >= 15 is 0 Å². The van der Waals surface area contributed by atoms with Crippen molar-refractivity contribution in [3.63, 3.8) is 0 Å². The number of hydrogen-bond acceptors (Lipinski definition) is 9. The molecule has 47 heavy (non-hydrogen) atoms. The van der Waals surface area contributed by atoms with E-state index in [4.69, 9.17) is 14.5 Å². The monoisotopic (exact) mass is 647 g/mol. The van der Waals surface area contributed by atoms with Gasteiger partial charge in [0.25, 0.3) is 5.91 Å². The number of amides is 3. The Labute approximate surface area is 277 Å². The molecule has 2 aromatic rings. The molecule has 2 aliphatic heterocycles. The first-order valence-corrected chi connectivity index (χ1v) is 17.1. The number of nitrogens with one attached hydrogen (secondary N) is 2.